The molecule has 0 aromatic heterocycles. The summed E-state index contributed by atoms with van der Waals surface area (Å²) in [5.74, 6) is -0.588. The number of rotatable bonds is 6. The van der Waals surface area contributed by atoms with E-state index in [0.29, 0.717) is 43.8 Å². The van der Waals surface area contributed by atoms with E-state index in [1.807, 2.05) is 0 Å². The lowest BCUT2D eigenvalue weighted by molar-refractivity contribution is -0.137. The molecule has 8 heteroatoms. The Balaban J connectivity index is 2.12. The SMILES string of the molecule is C/C(C=O)=C(\C(=O)NCc1ccc(C(F)(F)F)cc1)C1(O)CCN(C(C)C)CC1. The minimum Gasteiger partial charge on any atom is -0.385 e. The monoisotopic (exact) mass is 412 g/mol. The van der Waals surface area contributed by atoms with Crippen LogP contribution in [0.15, 0.2) is 35.4 Å². The van der Waals surface area contributed by atoms with Crippen molar-refractivity contribution in [1.29, 1.82) is 0 Å². The molecule has 160 valence electrons. The summed E-state index contributed by atoms with van der Waals surface area (Å²) in [6, 6.07) is 4.78. The summed E-state index contributed by atoms with van der Waals surface area (Å²) in [6.07, 6.45) is -3.24. The van der Waals surface area contributed by atoms with Gasteiger partial charge in [-0.2, -0.15) is 13.2 Å². The molecule has 0 saturated carbocycles. The number of alkyl halides is 3. The van der Waals surface area contributed by atoms with Crippen LogP contribution in [0.1, 0.15) is 44.7 Å². The van der Waals surface area contributed by atoms with Crippen LogP contribution in [0.5, 0.6) is 0 Å². The van der Waals surface area contributed by atoms with Crippen LogP contribution >= 0.6 is 0 Å². The van der Waals surface area contributed by atoms with Gasteiger partial charge in [-0.1, -0.05) is 12.1 Å². The average Bonchev–Trinajstić information content (AvgIpc) is 2.66. The van der Waals surface area contributed by atoms with Gasteiger partial charge >= 0.3 is 6.18 Å². The Labute approximate surface area is 168 Å². The first-order valence-corrected chi connectivity index (χ1v) is 9.55. The first-order valence-electron chi connectivity index (χ1n) is 9.55. The van der Waals surface area contributed by atoms with E-state index in [1.54, 1.807) is 0 Å². The van der Waals surface area contributed by atoms with Crippen molar-refractivity contribution in [3.63, 3.8) is 0 Å². The Morgan fingerprint density at radius 3 is 2.24 bits per heavy atom. The van der Waals surface area contributed by atoms with Crippen LogP contribution in [-0.2, 0) is 22.3 Å². The number of aldehydes is 1. The van der Waals surface area contributed by atoms with Gasteiger partial charge in [0, 0.05) is 31.2 Å². The van der Waals surface area contributed by atoms with E-state index >= 15 is 0 Å². The summed E-state index contributed by atoms with van der Waals surface area (Å²) in [6.45, 7) is 6.75. The summed E-state index contributed by atoms with van der Waals surface area (Å²) < 4.78 is 38.0. The van der Waals surface area contributed by atoms with Gasteiger partial charge in [-0.05, 0) is 51.3 Å². The number of likely N-dealkylation sites (tertiary alicyclic amines) is 1. The van der Waals surface area contributed by atoms with E-state index in [0.717, 1.165) is 12.1 Å². The van der Waals surface area contributed by atoms with Gasteiger partial charge in [0.25, 0.3) is 5.91 Å². The Kier molecular flexibility index (Phi) is 7.24. The fraction of sp³-hybridized carbons (Fsp3) is 0.524. The number of halogens is 3. The topological polar surface area (TPSA) is 69.6 Å². The maximum Gasteiger partial charge on any atom is 0.416 e. The third-order valence-corrected chi connectivity index (χ3v) is 5.35. The highest BCUT2D eigenvalue weighted by Gasteiger charge is 2.40. The molecule has 2 N–H and O–H groups in total. The van der Waals surface area contributed by atoms with Gasteiger partial charge < -0.3 is 15.3 Å². The number of hydrogen-bond donors (Lipinski definition) is 2. The molecule has 1 heterocycles. The van der Waals surface area contributed by atoms with Crippen molar-refractivity contribution in [3.05, 3.63) is 46.5 Å². The van der Waals surface area contributed by atoms with Gasteiger partial charge in [-0.3, -0.25) is 9.59 Å². The van der Waals surface area contributed by atoms with Gasteiger partial charge in [0.05, 0.1) is 16.7 Å². The number of allylic oxidation sites excluding steroid dienone is 1. The van der Waals surface area contributed by atoms with E-state index in [1.165, 1.54) is 19.1 Å². The molecule has 1 aromatic carbocycles. The number of hydrogen-bond acceptors (Lipinski definition) is 4. The minimum absolute atomic E-state index is 0.0131. The number of benzene rings is 1. The highest BCUT2D eigenvalue weighted by molar-refractivity contribution is 6.00. The average molecular weight is 412 g/mol. The number of aliphatic hydroxyl groups is 1. The zero-order valence-electron chi connectivity index (χ0n) is 16.8. The van der Waals surface area contributed by atoms with E-state index in [-0.39, 0.29) is 17.7 Å². The number of nitrogens with zero attached hydrogens (tertiary/aromatic N) is 1. The highest BCUT2D eigenvalue weighted by atomic mass is 19.4. The van der Waals surface area contributed by atoms with Crippen molar-refractivity contribution in [3.8, 4) is 0 Å². The molecule has 1 aliphatic heterocycles. The van der Waals surface area contributed by atoms with Crippen LogP contribution in [0.3, 0.4) is 0 Å². The van der Waals surface area contributed by atoms with Crippen molar-refractivity contribution in [2.45, 2.75) is 58.0 Å². The first-order chi connectivity index (χ1) is 13.5. The molecule has 5 nitrogen and oxygen atoms in total. The molecule has 1 aromatic rings. The predicted octanol–water partition coefficient (Wildman–Crippen LogP) is 3.07. The van der Waals surface area contributed by atoms with Crippen molar-refractivity contribution in [2.75, 3.05) is 13.1 Å². The van der Waals surface area contributed by atoms with Crippen LogP contribution in [0, 0.1) is 0 Å². The molecule has 0 aliphatic carbocycles. The quantitative estimate of drug-likeness (QED) is 0.557. The van der Waals surface area contributed by atoms with Crippen LogP contribution < -0.4 is 5.32 Å². The minimum atomic E-state index is -4.42. The lowest BCUT2D eigenvalue weighted by Crippen LogP contribution is -2.50. The number of nitrogens with one attached hydrogen (secondary N) is 1. The largest absolute Gasteiger partial charge is 0.416 e. The molecule has 0 unspecified atom stereocenters. The van der Waals surface area contributed by atoms with Crippen LogP contribution in [0.4, 0.5) is 13.2 Å². The third kappa shape index (κ3) is 5.67. The Bertz CT molecular complexity index is 762. The second-order valence-electron chi connectivity index (χ2n) is 7.71. The molecule has 0 radical (unpaired) electrons. The van der Waals surface area contributed by atoms with Crippen molar-refractivity contribution >= 4 is 12.2 Å². The lowest BCUT2D eigenvalue weighted by atomic mass is 9.81. The van der Waals surface area contributed by atoms with Gasteiger partial charge in [0.1, 0.15) is 6.29 Å². The normalized spacial score (nSPS) is 18.3. The maximum absolute atomic E-state index is 12.8. The molecule has 1 saturated heterocycles. The number of carbonyl (C=O) groups excluding carboxylic acids is 2. The number of amides is 1. The maximum atomic E-state index is 12.8. The van der Waals surface area contributed by atoms with Gasteiger partial charge in [-0.15, -0.1) is 0 Å². The lowest BCUT2D eigenvalue weighted by Gasteiger charge is -2.41. The van der Waals surface area contributed by atoms with Crippen LogP contribution in [-0.4, -0.2) is 46.9 Å². The second kappa shape index (κ2) is 9.09. The molecule has 2 rings (SSSR count). The molecule has 29 heavy (non-hydrogen) atoms. The van der Waals surface area contributed by atoms with E-state index in [9.17, 15) is 27.9 Å². The Hall–Kier alpha value is -2.19. The molecule has 0 spiro atoms. The molecule has 0 atom stereocenters. The first kappa shape index (κ1) is 23.1. The van der Waals surface area contributed by atoms with Gasteiger partial charge in [-0.25, -0.2) is 0 Å². The van der Waals surface area contributed by atoms with Crippen molar-refractivity contribution < 1.29 is 27.9 Å². The van der Waals surface area contributed by atoms with Crippen molar-refractivity contribution in [2.24, 2.45) is 0 Å². The molecule has 0 bridgehead atoms. The molecular formula is C21H27F3N2O3. The zero-order valence-corrected chi connectivity index (χ0v) is 16.8. The summed E-state index contributed by atoms with van der Waals surface area (Å²) in [5, 5.41) is 13.7. The summed E-state index contributed by atoms with van der Waals surface area (Å²) in [7, 11) is 0. The Morgan fingerprint density at radius 1 is 1.24 bits per heavy atom. The summed E-state index contributed by atoms with van der Waals surface area (Å²) in [5.41, 5.74) is -1.52. The Morgan fingerprint density at radius 2 is 1.79 bits per heavy atom. The smallest absolute Gasteiger partial charge is 0.385 e. The fourth-order valence-corrected chi connectivity index (χ4v) is 3.56. The summed E-state index contributed by atoms with van der Waals surface area (Å²) in [4.78, 5) is 26.3. The van der Waals surface area contributed by atoms with Crippen molar-refractivity contribution in [1.82, 2.24) is 10.2 Å². The zero-order chi connectivity index (χ0) is 21.8. The number of carbonyl (C=O) groups is 2. The standard InChI is InChI=1S/C21H27F3N2O3/c1-14(2)26-10-8-20(29,9-11-26)18(15(3)13-27)19(28)25-12-16-4-6-17(7-5-16)21(22,23)24/h4-7,13-14,29H,8-12H2,1-3H3,(H,25,28)/b18-15-. The van der Waals surface area contributed by atoms with Crippen LogP contribution in [0.25, 0.3) is 0 Å². The summed E-state index contributed by atoms with van der Waals surface area (Å²) >= 11 is 0. The van der Waals surface area contributed by atoms with Gasteiger partial charge in [0.2, 0.25) is 0 Å². The van der Waals surface area contributed by atoms with Gasteiger partial charge in [0.15, 0.2) is 0 Å². The highest BCUT2D eigenvalue weighted by Crippen LogP contribution is 2.32. The molecular weight excluding hydrogens is 385 g/mol. The molecule has 1 aliphatic rings. The molecule has 1 fully saturated rings. The van der Waals surface area contributed by atoms with E-state index in [4.69, 9.17) is 0 Å². The van der Waals surface area contributed by atoms with E-state index in [2.05, 4.69) is 24.1 Å². The predicted molar refractivity (Wildman–Crippen MR) is 103 cm³/mol. The van der Waals surface area contributed by atoms with E-state index < -0.39 is 23.2 Å². The number of piperidine rings is 1. The molecule has 1 amide bonds. The fourth-order valence-electron chi connectivity index (χ4n) is 3.56. The second-order valence-corrected chi connectivity index (χ2v) is 7.71. The van der Waals surface area contributed by atoms with Crippen LogP contribution in [0.2, 0.25) is 0 Å². The third-order valence-electron chi connectivity index (χ3n) is 5.35.